The highest BCUT2D eigenvalue weighted by molar-refractivity contribution is 7.09. The summed E-state index contributed by atoms with van der Waals surface area (Å²) in [6.07, 6.45) is 0.810. The molecule has 1 heterocycles. The van der Waals surface area contributed by atoms with Crippen molar-refractivity contribution in [3.05, 3.63) is 40.7 Å². The van der Waals surface area contributed by atoms with E-state index >= 15 is 0 Å². The average Bonchev–Trinajstić information content (AvgIpc) is 2.64. The fourth-order valence-corrected chi connectivity index (χ4v) is 2.55. The van der Waals surface area contributed by atoms with Crippen LogP contribution in [0.15, 0.2) is 18.2 Å². The van der Waals surface area contributed by atoms with Crippen LogP contribution in [0.2, 0.25) is 0 Å². The van der Waals surface area contributed by atoms with Gasteiger partial charge in [-0.05, 0) is 26.3 Å². The zero-order valence-corrected chi connectivity index (χ0v) is 11.3. The van der Waals surface area contributed by atoms with E-state index in [4.69, 9.17) is 0 Å². The summed E-state index contributed by atoms with van der Waals surface area (Å²) in [5.74, 6) is 0.899. The standard InChI is InChI=1S/C13H17N3S/c1-4-14-13-15-12(16-17-13)8-11-6-9(2)5-10(3)7-11/h5-7H,4,8H2,1-3H3,(H,14,15,16). The first-order valence-corrected chi connectivity index (χ1v) is 6.58. The van der Waals surface area contributed by atoms with Crippen molar-refractivity contribution in [1.82, 2.24) is 9.36 Å². The molecule has 0 aliphatic carbocycles. The molecule has 90 valence electrons. The second-order valence-corrected chi connectivity index (χ2v) is 4.97. The molecule has 0 bridgehead atoms. The molecular weight excluding hydrogens is 230 g/mol. The van der Waals surface area contributed by atoms with Gasteiger partial charge in [-0.3, -0.25) is 0 Å². The third kappa shape index (κ3) is 3.27. The van der Waals surface area contributed by atoms with Gasteiger partial charge in [0, 0.05) is 24.5 Å². The molecule has 0 unspecified atom stereocenters. The molecule has 2 aromatic rings. The number of aromatic nitrogens is 2. The number of rotatable bonds is 4. The molecule has 4 heteroatoms. The van der Waals surface area contributed by atoms with Gasteiger partial charge in [0.15, 0.2) is 0 Å². The van der Waals surface area contributed by atoms with Gasteiger partial charge in [0.05, 0.1) is 0 Å². The van der Waals surface area contributed by atoms with Crippen molar-refractivity contribution < 1.29 is 0 Å². The van der Waals surface area contributed by atoms with E-state index in [1.807, 2.05) is 0 Å². The summed E-state index contributed by atoms with van der Waals surface area (Å²) in [7, 11) is 0. The van der Waals surface area contributed by atoms with E-state index in [1.54, 1.807) is 0 Å². The van der Waals surface area contributed by atoms with Crippen molar-refractivity contribution in [2.24, 2.45) is 0 Å². The fraction of sp³-hybridized carbons (Fsp3) is 0.385. The van der Waals surface area contributed by atoms with Crippen LogP contribution < -0.4 is 5.32 Å². The topological polar surface area (TPSA) is 37.8 Å². The molecule has 0 amide bonds. The largest absolute Gasteiger partial charge is 0.361 e. The number of hydrogen-bond acceptors (Lipinski definition) is 4. The number of hydrogen-bond donors (Lipinski definition) is 1. The van der Waals surface area contributed by atoms with Crippen LogP contribution >= 0.6 is 11.5 Å². The normalized spacial score (nSPS) is 10.5. The monoisotopic (exact) mass is 247 g/mol. The molecular formula is C13H17N3S. The van der Waals surface area contributed by atoms with E-state index in [9.17, 15) is 0 Å². The SMILES string of the molecule is CCNc1nc(Cc2cc(C)cc(C)c2)ns1. The van der Waals surface area contributed by atoms with Crippen LogP contribution in [0.25, 0.3) is 0 Å². The maximum absolute atomic E-state index is 4.45. The van der Waals surface area contributed by atoms with Crippen molar-refractivity contribution in [1.29, 1.82) is 0 Å². The Morgan fingerprint density at radius 1 is 1.18 bits per heavy atom. The summed E-state index contributed by atoms with van der Waals surface area (Å²) in [4.78, 5) is 4.45. The van der Waals surface area contributed by atoms with Gasteiger partial charge in [-0.15, -0.1) is 0 Å². The molecule has 0 saturated carbocycles. The average molecular weight is 247 g/mol. The van der Waals surface area contributed by atoms with Gasteiger partial charge in [-0.1, -0.05) is 29.3 Å². The van der Waals surface area contributed by atoms with E-state index in [0.29, 0.717) is 0 Å². The van der Waals surface area contributed by atoms with Crippen LogP contribution in [0.5, 0.6) is 0 Å². The van der Waals surface area contributed by atoms with Gasteiger partial charge in [-0.2, -0.15) is 4.37 Å². The van der Waals surface area contributed by atoms with Crippen molar-refractivity contribution in [3.8, 4) is 0 Å². The van der Waals surface area contributed by atoms with Gasteiger partial charge in [0.1, 0.15) is 5.82 Å². The zero-order chi connectivity index (χ0) is 12.3. The smallest absolute Gasteiger partial charge is 0.202 e. The lowest BCUT2D eigenvalue weighted by atomic mass is 10.1. The van der Waals surface area contributed by atoms with Crippen LogP contribution in [0, 0.1) is 13.8 Å². The summed E-state index contributed by atoms with van der Waals surface area (Å²) in [5, 5.41) is 4.09. The Hall–Kier alpha value is -1.42. The molecule has 0 spiro atoms. The Bertz CT molecular complexity index is 485. The predicted molar refractivity (Wildman–Crippen MR) is 72.8 cm³/mol. The summed E-state index contributed by atoms with van der Waals surface area (Å²) < 4.78 is 4.36. The molecule has 3 nitrogen and oxygen atoms in total. The second kappa shape index (κ2) is 5.27. The van der Waals surface area contributed by atoms with Gasteiger partial charge in [0.25, 0.3) is 0 Å². The fourth-order valence-electron chi connectivity index (χ4n) is 1.90. The molecule has 0 aliphatic rings. The maximum atomic E-state index is 4.45. The summed E-state index contributed by atoms with van der Waals surface area (Å²) in [6.45, 7) is 7.19. The Morgan fingerprint density at radius 2 is 1.88 bits per heavy atom. The number of nitrogens with zero attached hydrogens (tertiary/aromatic N) is 2. The molecule has 0 fully saturated rings. The first kappa shape index (κ1) is 12.0. The molecule has 0 radical (unpaired) electrons. The molecule has 1 aromatic heterocycles. The first-order chi connectivity index (χ1) is 8.17. The van der Waals surface area contributed by atoms with Crippen molar-refractivity contribution in [2.75, 3.05) is 11.9 Å². The van der Waals surface area contributed by atoms with Crippen LogP contribution in [-0.2, 0) is 6.42 Å². The lowest BCUT2D eigenvalue weighted by Gasteiger charge is -2.02. The molecule has 1 N–H and O–H groups in total. The zero-order valence-electron chi connectivity index (χ0n) is 10.4. The molecule has 2 rings (SSSR count). The Balaban J connectivity index is 2.13. The van der Waals surface area contributed by atoms with Crippen LogP contribution in [0.4, 0.5) is 5.13 Å². The van der Waals surface area contributed by atoms with Gasteiger partial charge < -0.3 is 5.32 Å². The maximum Gasteiger partial charge on any atom is 0.202 e. The third-order valence-electron chi connectivity index (χ3n) is 2.44. The summed E-state index contributed by atoms with van der Waals surface area (Å²) in [5.41, 5.74) is 3.87. The number of benzene rings is 1. The number of aryl methyl sites for hydroxylation is 2. The Labute approximate surface area is 106 Å². The van der Waals surface area contributed by atoms with Crippen molar-refractivity contribution in [2.45, 2.75) is 27.2 Å². The van der Waals surface area contributed by atoms with E-state index < -0.39 is 0 Å². The molecule has 0 aliphatic heterocycles. The minimum Gasteiger partial charge on any atom is -0.361 e. The van der Waals surface area contributed by atoms with Crippen LogP contribution in [0.1, 0.15) is 29.4 Å². The van der Waals surface area contributed by atoms with E-state index in [2.05, 4.69) is 53.6 Å². The van der Waals surface area contributed by atoms with E-state index in [1.165, 1.54) is 28.2 Å². The predicted octanol–water partition coefficient (Wildman–Crippen LogP) is 3.18. The van der Waals surface area contributed by atoms with Gasteiger partial charge in [-0.25, -0.2) is 4.98 Å². The van der Waals surface area contributed by atoms with Gasteiger partial charge >= 0.3 is 0 Å². The molecule has 17 heavy (non-hydrogen) atoms. The van der Waals surface area contributed by atoms with E-state index in [-0.39, 0.29) is 0 Å². The highest BCUT2D eigenvalue weighted by Gasteiger charge is 2.05. The quantitative estimate of drug-likeness (QED) is 0.901. The van der Waals surface area contributed by atoms with Crippen molar-refractivity contribution in [3.63, 3.8) is 0 Å². The summed E-state index contributed by atoms with van der Waals surface area (Å²) >= 11 is 1.43. The second-order valence-electron chi connectivity index (χ2n) is 4.22. The Morgan fingerprint density at radius 3 is 2.53 bits per heavy atom. The first-order valence-electron chi connectivity index (χ1n) is 5.81. The lowest BCUT2D eigenvalue weighted by Crippen LogP contribution is -1.97. The molecule has 0 saturated heterocycles. The minimum absolute atomic E-state index is 0.810. The number of anilines is 1. The van der Waals surface area contributed by atoms with Gasteiger partial charge in [0.2, 0.25) is 5.13 Å². The number of nitrogens with one attached hydrogen (secondary N) is 1. The lowest BCUT2D eigenvalue weighted by molar-refractivity contribution is 1.03. The molecule has 0 atom stereocenters. The third-order valence-corrected chi connectivity index (χ3v) is 3.15. The molecule has 1 aromatic carbocycles. The summed E-state index contributed by atoms with van der Waals surface area (Å²) in [6, 6.07) is 6.57. The van der Waals surface area contributed by atoms with Crippen LogP contribution in [0.3, 0.4) is 0 Å². The highest BCUT2D eigenvalue weighted by Crippen LogP contribution is 2.16. The Kier molecular flexibility index (Phi) is 3.74. The van der Waals surface area contributed by atoms with Crippen LogP contribution in [-0.4, -0.2) is 15.9 Å². The van der Waals surface area contributed by atoms with Crippen molar-refractivity contribution >= 4 is 16.7 Å². The highest BCUT2D eigenvalue weighted by atomic mass is 32.1. The van der Waals surface area contributed by atoms with E-state index in [0.717, 1.165) is 23.9 Å². The minimum atomic E-state index is 0.810.